The van der Waals surface area contributed by atoms with Crippen LogP contribution >= 0.6 is 24.4 Å². The van der Waals surface area contributed by atoms with Crippen LogP contribution in [0.25, 0.3) is 0 Å². The zero-order valence-corrected chi connectivity index (χ0v) is 12.2. The largest absolute Gasteiger partial charge is 0.487 e. The quantitative estimate of drug-likeness (QED) is 0.756. The minimum absolute atomic E-state index is 0.361. The molecule has 0 aliphatic rings. The van der Waals surface area contributed by atoms with Crippen LogP contribution in [0, 0.1) is 0 Å². The van der Waals surface area contributed by atoms with Crippen LogP contribution in [0.2, 0.25) is 0 Å². The molecular formula is C13H15N3O2S2. The van der Waals surface area contributed by atoms with Crippen LogP contribution in [0.1, 0.15) is 5.56 Å². The highest BCUT2D eigenvalue weighted by Gasteiger charge is 1.97. The molecule has 0 unspecified atom stereocenters. The summed E-state index contributed by atoms with van der Waals surface area (Å²) in [4.78, 5) is 0. The molecule has 1 heterocycles. The topological polar surface area (TPSA) is 72.4 Å². The molecule has 0 atom stereocenters. The number of ether oxygens (including phenoxy) is 1. The van der Waals surface area contributed by atoms with Crippen molar-refractivity contribution in [1.29, 1.82) is 0 Å². The molecule has 5 nitrogen and oxygen atoms in total. The van der Waals surface area contributed by atoms with Gasteiger partial charge in [0.2, 0.25) is 0 Å². The van der Waals surface area contributed by atoms with E-state index in [1.165, 1.54) is 0 Å². The zero-order valence-electron chi connectivity index (χ0n) is 10.6. The van der Waals surface area contributed by atoms with Gasteiger partial charge in [-0.3, -0.25) is 10.1 Å². The van der Waals surface area contributed by atoms with E-state index in [4.69, 9.17) is 22.1 Å². The first kappa shape index (κ1) is 15.9. The number of aliphatic hydroxyl groups is 1. The highest BCUT2D eigenvalue weighted by atomic mass is 32.1. The second-order valence-corrected chi connectivity index (χ2v) is 4.39. The molecular weight excluding hydrogens is 294 g/mol. The van der Waals surface area contributed by atoms with Gasteiger partial charge in [-0.2, -0.15) is 0 Å². The number of rotatable bonds is 3. The van der Waals surface area contributed by atoms with Crippen LogP contribution in [0.3, 0.4) is 0 Å². The van der Waals surface area contributed by atoms with Crippen LogP contribution in [0.5, 0.6) is 0 Å². The third-order valence-electron chi connectivity index (χ3n) is 2.04. The monoisotopic (exact) mass is 309 g/mol. The van der Waals surface area contributed by atoms with Crippen molar-refractivity contribution in [1.82, 2.24) is 4.68 Å². The average Bonchev–Trinajstić information content (AvgIpc) is 2.90. The molecule has 7 heteroatoms. The summed E-state index contributed by atoms with van der Waals surface area (Å²) >= 11 is 8.92. The normalized spacial score (nSPS) is 9.00. The van der Waals surface area contributed by atoms with E-state index in [0.717, 1.165) is 5.56 Å². The van der Waals surface area contributed by atoms with Crippen LogP contribution in [-0.4, -0.2) is 20.1 Å². The molecule has 4 N–H and O–H groups in total. The minimum Gasteiger partial charge on any atom is -0.487 e. The van der Waals surface area contributed by atoms with E-state index in [9.17, 15) is 0 Å². The number of hydrogen-bond donors (Lipinski definition) is 3. The maximum Gasteiger partial charge on any atom is 0.276 e. The van der Waals surface area contributed by atoms with E-state index in [1.54, 1.807) is 4.68 Å². The van der Waals surface area contributed by atoms with Gasteiger partial charge in [0.1, 0.15) is 6.61 Å². The van der Waals surface area contributed by atoms with Gasteiger partial charge in [0.15, 0.2) is 0 Å². The second-order valence-electron chi connectivity index (χ2n) is 3.60. The number of benzene rings is 1. The van der Waals surface area contributed by atoms with E-state index in [1.807, 2.05) is 54.9 Å². The summed E-state index contributed by atoms with van der Waals surface area (Å²) in [6.07, 6.45) is 3.72. The molecule has 0 bridgehead atoms. The third-order valence-corrected chi connectivity index (χ3v) is 2.25. The number of thiocarbonyl (C=S) groups is 2. The Morgan fingerprint density at radius 2 is 1.70 bits per heavy atom. The number of nitrogens with two attached hydrogens (primary N) is 1. The van der Waals surface area contributed by atoms with Crippen LogP contribution in [0.15, 0.2) is 54.9 Å². The van der Waals surface area contributed by atoms with Crippen LogP contribution < -0.4 is 11.2 Å². The van der Waals surface area contributed by atoms with Gasteiger partial charge < -0.3 is 15.6 Å². The SMILES string of the molecule is NC(O)=S.S=C(Nn1cccc1)OCc1ccccc1. The van der Waals surface area contributed by atoms with Gasteiger partial charge in [0, 0.05) is 12.4 Å². The molecule has 0 saturated heterocycles. The first-order valence-electron chi connectivity index (χ1n) is 5.67. The smallest absolute Gasteiger partial charge is 0.276 e. The summed E-state index contributed by atoms with van der Waals surface area (Å²) in [6.45, 7) is 0.480. The fraction of sp³-hybridized carbons (Fsp3) is 0.0769. The fourth-order valence-corrected chi connectivity index (χ4v) is 1.43. The maximum atomic E-state index is 7.56. The first-order valence-corrected chi connectivity index (χ1v) is 6.48. The molecule has 106 valence electrons. The lowest BCUT2D eigenvalue weighted by atomic mass is 10.2. The molecule has 2 aromatic rings. The van der Waals surface area contributed by atoms with Gasteiger partial charge in [-0.15, -0.1) is 0 Å². The lowest BCUT2D eigenvalue weighted by Gasteiger charge is -2.10. The van der Waals surface area contributed by atoms with Gasteiger partial charge in [0.25, 0.3) is 10.3 Å². The van der Waals surface area contributed by atoms with Crippen molar-refractivity contribution in [3.63, 3.8) is 0 Å². The molecule has 0 aliphatic carbocycles. The highest BCUT2D eigenvalue weighted by molar-refractivity contribution is 7.80. The summed E-state index contributed by atoms with van der Waals surface area (Å²) in [5.41, 5.74) is 8.41. The van der Waals surface area contributed by atoms with E-state index in [-0.39, 0.29) is 0 Å². The fourth-order valence-electron chi connectivity index (χ4n) is 1.27. The zero-order chi connectivity index (χ0) is 14.8. The summed E-state index contributed by atoms with van der Waals surface area (Å²) < 4.78 is 7.14. The van der Waals surface area contributed by atoms with Gasteiger partial charge in [-0.05, 0) is 42.1 Å². The third kappa shape index (κ3) is 7.34. The molecule has 0 saturated carbocycles. The standard InChI is InChI=1S/C12H12N2OS.CH3NOS/c16-12(13-14-8-4-5-9-14)15-10-11-6-2-1-3-7-11;2-1(3)4/h1-9H,10H2,(H,13,16);(H3,2,3,4). The van der Waals surface area contributed by atoms with Crippen LogP contribution in [-0.2, 0) is 11.3 Å². The second kappa shape index (κ2) is 8.89. The predicted octanol–water partition coefficient (Wildman–Crippen LogP) is 2.32. The molecule has 1 aromatic heterocycles. The summed E-state index contributed by atoms with van der Waals surface area (Å²) in [5, 5.41) is 7.43. The molecule has 0 aliphatic heterocycles. The van der Waals surface area contributed by atoms with Crippen molar-refractivity contribution < 1.29 is 9.84 Å². The van der Waals surface area contributed by atoms with E-state index in [0.29, 0.717) is 11.8 Å². The summed E-state index contributed by atoms with van der Waals surface area (Å²) in [6, 6.07) is 13.7. The molecule has 0 spiro atoms. The number of hydrogen-bond acceptors (Lipinski definition) is 3. The maximum absolute atomic E-state index is 7.56. The van der Waals surface area contributed by atoms with Crippen molar-refractivity contribution in [2.24, 2.45) is 5.73 Å². The molecule has 1 aromatic carbocycles. The van der Waals surface area contributed by atoms with E-state index < -0.39 is 5.17 Å². The van der Waals surface area contributed by atoms with Crippen molar-refractivity contribution in [3.8, 4) is 0 Å². The number of aromatic nitrogens is 1. The van der Waals surface area contributed by atoms with Gasteiger partial charge in [-0.25, -0.2) is 0 Å². The Balaban J connectivity index is 0.000000444. The van der Waals surface area contributed by atoms with E-state index >= 15 is 0 Å². The Bertz CT molecular complexity index is 526. The Morgan fingerprint density at radius 1 is 1.15 bits per heavy atom. The highest BCUT2D eigenvalue weighted by Crippen LogP contribution is 2.00. The van der Waals surface area contributed by atoms with Crippen molar-refractivity contribution >= 4 is 34.8 Å². The van der Waals surface area contributed by atoms with E-state index in [2.05, 4.69) is 23.4 Å². The number of nitrogens with zero attached hydrogens (tertiary/aromatic N) is 1. The number of aliphatic hydroxyl groups excluding tert-OH is 1. The van der Waals surface area contributed by atoms with Crippen LogP contribution in [0.4, 0.5) is 0 Å². The molecule has 0 fully saturated rings. The first-order chi connectivity index (χ1) is 9.58. The molecule has 2 rings (SSSR count). The Morgan fingerprint density at radius 3 is 2.25 bits per heavy atom. The lowest BCUT2D eigenvalue weighted by molar-refractivity contribution is 0.297. The molecule has 0 radical (unpaired) electrons. The predicted molar refractivity (Wildman–Crippen MR) is 87.0 cm³/mol. The molecule has 20 heavy (non-hydrogen) atoms. The molecule has 0 amide bonds. The van der Waals surface area contributed by atoms with Gasteiger partial charge in [-0.1, -0.05) is 30.3 Å². The van der Waals surface area contributed by atoms with Gasteiger partial charge in [0.05, 0.1) is 0 Å². The summed E-state index contributed by atoms with van der Waals surface area (Å²) in [5.74, 6) is 0. The number of nitrogens with one attached hydrogen (secondary N) is 1. The Labute approximate surface area is 127 Å². The van der Waals surface area contributed by atoms with Crippen molar-refractivity contribution in [2.75, 3.05) is 5.43 Å². The Hall–Kier alpha value is -2.12. The minimum atomic E-state index is -0.500. The van der Waals surface area contributed by atoms with Gasteiger partial charge >= 0.3 is 0 Å². The lowest BCUT2D eigenvalue weighted by Crippen LogP contribution is -2.21. The average molecular weight is 309 g/mol. The van der Waals surface area contributed by atoms with Crippen molar-refractivity contribution in [3.05, 3.63) is 60.4 Å². The van der Waals surface area contributed by atoms with Crippen molar-refractivity contribution in [2.45, 2.75) is 6.61 Å². The summed E-state index contributed by atoms with van der Waals surface area (Å²) in [7, 11) is 0. The Kier molecular flexibility index (Phi) is 7.08.